The molecule has 0 spiro atoms. The SMILES string of the molecule is O=c1ccc(C(F)(F)F)nn1CC1CN(Cc2cc(F)cc(F)c2)C1. The van der Waals surface area contributed by atoms with Gasteiger partial charge in [-0.15, -0.1) is 0 Å². The quantitative estimate of drug-likeness (QED) is 0.788. The molecule has 0 bridgehead atoms. The molecule has 0 aliphatic carbocycles. The Morgan fingerprint density at radius 2 is 1.72 bits per heavy atom. The first-order chi connectivity index (χ1) is 11.7. The van der Waals surface area contributed by atoms with E-state index in [0.29, 0.717) is 31.3 Å². The molecule has 0 unspecified atom stereocenters. The summed E-state index contributed by atoms with van der Waals surface area (Å²) in [6, 6.07) is 4.75. The van der Waals surface area contributed by atoms with Crippen molar-refractivity contribution in [2.75, 3.05) is 13.1 Å². The van der Waals surface area contributed by atoms with Crippen LogP contribution in [-0.2, 0) is 19.3 Å². The highest BCUT2D eigenvalue weighted by Crippen LogP contribution is 2.26. The predicted octanol–water partition coefficient (Wildman–Crippen LogP) is 2.67. The lowest BCUT2D eigenvalue weighted by Gasteiger charge is -2.39. The smallest absolute Gasteiger partial charge is 0.298 e. The fraction of sp³-hybridized carbons (Fsp3) is 0.375. The van der Waals surface area contributed by atoms with Gasteiger partial charge in [-0.3, -0.25) is 9.69 Å². The number of rotatable bonds is 4. The largest absolute Gasteiger partial charge is 0.435 e. The molecule has 1 fully saturated rings. The second-order valence-electron chi connectivity index (χ2n) is 6.07. The molecule has 9 heteroatoms. The van der Waals surface area contributed by atoms with Gasteiger partial charge in [0, 0.05) is 37.7 Å². The third-order valence-electron chi connectivity index (χ3n) is 3.95. The minimum absolute atomic E-state index is 0.0490. The summed E-state index contributed by atoms with van der Waals surface area (Å²) in [5, 5.41) is 3.36. The van der Waals surface area contributed by atoms with Crippen molar-refractivity contribution in [1.29, 1.82) is 0 Å². The molecule has 1 aromatic heterocycles. The van der Waals surface area contributed by atoms with Crippen molar-refractivity contribution in [3.05, 3.63) is 63.6 Å². The summed E-state index contributed by atoms with van der Waals surface area (Å²) < 4.78 is 65.1. The van der Waals surface area contributed by atoms with Crippen molar-refractivity contribution < 1.29 is 22.0 Å². The lowest BCUT2D eigenvalue weighted by atomic mass is 9.99. The van der Waals surface area contributed by atoms with E-state index in [4.69, 9.17) is 0 Å². The van der Waals surface area contributed by atoms with Crippen LogP contribution in [0, 0.1) is 17.6 Å². The van der Waals surface area contributed by atoms with Crippen LogP contribution in [0.1, 0.15) is 11.3 Å². The summed E-state index contributed by atoms with van der Waals surface area (Å²) in [6.45, 7) is 1.40. The summed E-state index contributed by atoms with van der Waals surface area (Å²) in [5.74, 6) is -1.37. The molecular formula is C16H14F5N3O. The van der Waals surface area contributed by atoms with Gasteiger partial charge < -0.3 is 0 Å². The molecular weight excluding hydrogens is 345 g/mol. The molecule has 25 heavy (non-hydrogen) atoms. The van der Waals surface area contributed by atoms with Gasteiger partial charge in [0.25, 0.3) is 5.56 Å². The normalized spacial score (nSPS) is 16.0. The maximum Gasteiger partial charge on any atom is 0.435 e. The molecule has 0 atom stereocenters. The standard InChI is InChI=1S/C16H14F5N3O/c17-12-3-10(4-13(18)5-12)6-23-7-11(8-23)9-24-15(25)2-1-14(22-24)16(19,20)21/h1-5,11H,6-9H2. The van der Waals surface area contributed by atoms with Gasteiger partial charge in [-0.2, -0.15) is 18.3 Å². The molecule has 1 saturated heterocycles. The van der Waals surface area contributed by atoms with E-state index in [0.717, 1.165) is 16.8 Å². The Balaban J connectivity index is 1.60. The van der Waals surface area contributed by atoms with Crippen molar-refractivity contribution in [1.82, 2.24) is 14.7 Å². The highest BCUT2D eigenvalue weighted by molar-refractivity contribution is 5.18. The molecule has 0 N–H and O–H groups in total. The molecule has 0 saturated carbocycles. The zero-order valence-electron chi connectivity index (χ0n) is 12.9. The Morgan fingerprint density at radius 1 is 1.08 bits per heavy atom. The predicted molar refractivity (Wildman–Crippen MR) is 78.6 cm³/mol. The number of likely N-dealkylation sites (tertiary alicyclic amines) is 1. The molecule has 4 nitrogen and oxygen atoms in total. The van der Waals surface area contributed by atoms with Gasteiger partial charge in [-0.1, -0.05) is 0 Å². The molecule has 1 aliphatic rings. The van der Waals surface area contributed by atoms with Gasteiger partial charge in [0.15, 0.2) is 5.69 Å². The Morgan fingerprint density at radius 3 is 2.32 bits per heavy atom. The van der Waals surface area contributed by atoms with Crippen molar-refractivity contribution in [3.63, 3.8) is 0 Å². The van der Waals surface area contributed by atoms with E-state index in [2.05, 4.69) is 5.10 Å². The maximum atomic E-state index is 13.1. The number of alkyl halides is 3. The van der Waals surface area contributed by atoms with Crippen LogP contribution in [0.3, 0.4) is 0 Å². The van der Waals surface area contributed by atoms with E-state index >= 15 is 0 Å². The summed E-state index contributed by atoms with van der Waals surface area (Å²) in [7, 11) is 0. The Hall–Kier alpha value is -2.29. The van der Waals surface area contributed by atoms with Crippen LogP contribution in [0.4, 0.5) is 22.0 Å². The fourth-order valence-electron chi connectivity index (χ4n) is 2.86. The second kappa shape index (κ2) is 6.55. The van der Waals surface area contributed by atoms with Crippen LogP contribution in [0.2, 0.25) is 0 Å². The van der Waals surface area contributed by atoms with Crippen molar-refractivity contribution in [2.24, 2.45) is 5.92 Å². The second-order valence-corrected chi connectivity index (χ2v) is 6.07. The highest BCUT2D eigenvalue weighted by Gasteiger charge is 2.34. The topological polar surface area (TPSA) is 38.1 Å². The van der Waals surface area contributed by atoms with E-state index in [1.807, 2.05) is 4.90 Å². The highest BCUT2D eigenvalue weighted by atomic mass is 19.4. The number of nitrogens with zero attached hydrogens (tertiary/aromatic N) is 3. The molecule has 3 rings (SSSR count). The van der Waals surface area contributed by atoms with Gasteiger partial charge in [-0.05, 0) is 23.8 Å². The zero-order chi connectivity index (χ0) is 18.2. The fourth-order valence-corrected chi connectivity index (χ4v) is 2.86. The third-order valence-corrected chi connectivity index (χ3v) is 3.95. The minimum Gasteiger partial charge on any atom is -0.298 e. The average Bonchev–Trinajstić information content (AvgIpc) is 2.44. The Bertz CT molecular complexity index is 807. The number of benzene rings is 1. The first-order valence-corrected chi connectivity index (χ1v) is 7.53. The third kappa shape index (κ3) is 4.22. The first-order valence-electron chi connectivity index (χ1n) is 7.53. The molecule has 0 amide bonds. The van der Waals surface area contributed by atoms with Crippen LogP contribution in [0.15, 0.2) is 35.1 Å². The molecule has 2 aromatic rings. The maximum absolute atomic E-state index is 13.1. The van der Waals surface area contributed by atoms with Gasteiger partial charge in [0.1, 0.15) is 11.6 Å². The van der Waals surface area contributed by atoms with E-state index in [9.17, 15) is 26.7 Å². The summed E-state index contributed by atoms with van der Waals surface area (Å²) in [5.41, 5.74) is -1.23. The van der Waals surface area contributed by atoms with Crippen LogP contribution < -0.4 is 5.56 Å². The van der Waals surface area contributed by atoms with Crippen LogP contribution in [0.25, 0.3) is 0 Å². The Labute approximate surface area is 139 Å². The number of halogens is 5. The van der Waals surface area contributed by atoms with Crippen molar-refractivity contribution >= 4 is 0 Å². The lowest BCUT2D eigenvalue weighted by molar-refractivity contribution is -0.142. The van der Waals surface area contributed by atoms with E-state index < -0.39 is 29.1 Å². The van der Waals surface area contributed by atoms with E-state index in [1.54, 1.807) is 0 Å². The lowest BCUT2D eigenvalue weighted by Crippen LogP contribution is -2.49. The minimum atomic E-state index is -4.61. The molecule has 0 radical (unpaired) electrons. The molecule has 2 heterocycles. The van der Waals surface area contributed by atoms with Gasteiger partial charge in [-0.25, -0.2) is 13.5 Å². The van der Waals surface area contributed by atoms with Gasteiger partial charge in [0.2, 0.25) is 0 Å². The molecule has 1 aliphatic heterocycles. The number of hydrogen-bond acceptors (Lipinski definition) is 3. The molecule has 1 aromatic carbocycles. The van der Waals surface area contributed by atoms with E-state index in [1.165, 1.54) is 12.1 Å². The summed E-state index contributed by atoms with van der Waals surface area (Å²) in [6.07, 6.45) is -4.61. The van der Waals surface area contributed by atoms with Gasteiger partial charge >= 0.3 is 6.18 Å². The zero-order valence-corrected chi connectivity index (χ0v) is 12.9. The molecule has 134 valence electrons. The number of hydrogen-bond donors (Lipinski definition) is 0. The van der Waals surface area contributed by atoms with Crippen LogP contribution in [-0.4, -0.2) is 27.8 Å². The monoisotopic (exact) mass is 359 g/mol. The van der Waals surface area contributed by atoms with Crippen molar-refractivity contribution in [3.8, 4) is 0 Å². The summed E-state index contributed by atoms with van der Waals surface area (Å²) >= 11 is 0. The van der Waals surface area contributed by atoms with Gasteiger partial charge in [0.05, 0.1) is 6.54 Å². The first kappa shape index (κ1) is 17.5. The summed E-state index contributed by atoms with van der Waals surface area (Å²) in [4.78, 5) is 13.5. The Kier molecular flexibility index (Phi) is 4.59. The average molecular weight is 359 g/mol. The van der Waals surface area contributed by atoms with Crippen LogP contribution in [0.5, 0.6) is 0 Å². The van der Waals surface area contributed by atoms with Crippen molar-refractivity contribution in [2.45, 2.75) is 19.3 Å². The van der Waals surface area contributed by atoms with Crippen LogP contribution >= 0.6 is 0 Å². The van der Waals surface area contributed by atoms with E-state index in [-0.39, 0.29) is 12.5 Å². The number of aromatic nitrogens is 2.